The number of thioether (sulfide) groups is 1. The number of Topliss-reactive ketones (excluding diaryl/α,β-unsaturated/α-hetero) is 1. The van der Waals surface area contributed by atoms with Gasteiger partial charge in [-0.25, -0.2) is 4.98 Å². The maximum atomic E-state index is 11.8. The molecule has 0 unspecified atom stereocenters. The highest BCUT2D eigenvalue weighted by Crippen LogP contribution is 2.31. The van der Waals surface area contributed by atoms with Gasteiger partial charge >= 0.3 is 0 Å². The van der Waals surface area contributed by atoms with Crippen LogP contribution in [0.4, 0.5) is 0 Å². The van der Waals surface area contributed by atoms with Crippen LogP contribution < -0.4 is 4.74 Å². The standard InChI is InChI=1S/C25H24N2O2S/c1-18(28)20-12-13-24(29-2)21(16-20)17-30-25-26-22-10-6-7-11-23(22)27(25)15-14-19-8-4-3-5-9-19/h3-13,16H,14-15,17H2,1-2H3. The topological polar surface area (TPSA) is 44.1 Å². The zero-order valence-electron chi connectivity index (χ0n) is 17.2. The summed E-state index contributed by atoms with van der Waals surface area (Å²) in [4.78, 5) is 16.7. The highest BCUT2D eigenvalue weighted by molar-refractivity contribution is 7.98. The maximum absolute atomic E-state index is 11.8. The fourth-order valence-corrected chi connectivity index (χ4v) is 4.54. The van der Waals surface area contributed by atoms with Crippen molar-refractivity contribution in [1.82, 2.24) is 9.55 Å². The molecule has 1 heterocycles. The van der Waals surface area contributed by atoms with Crippen molar-refractivity contribution in [2.75, 3.05) is 7.11 Å². The summed E-state index contributed by atoms with van der Waals surface area (Å²) >= 11 is 1.67. The zero-order chi connectivity index (χ0) is 20.9. The highest BCUT2D eigenvalue weighted by atomic mass is 32.2. The molecule has 0 aliphatic carbocycles. The highest BCUT2D eigenvalue weighted by Gasteiger charge is 2.14. The van der Waals surface area contributed by atoms with Gasteiger partial charge in [-0.2, -0.15) is 0 Å². The second kappa shape index (κ2) is 9.18. The number of hydrogen-bond donors (Lipinski definition) is 0. The Hall–Kier alpha value is -3.05. The summed E-state index contributed by atoms with van der Waals surface area (Å²) in [7, 11) is 1.66. The Labute approximate surface area is 180 Å². The molecule has 1 aromatic heterocycles. The van der Waals surface area contributed by atoms with Crippen molar-refractivity contribution in [3.8, 4) is 5.75 Å². The van der Waals surface area contributed by atoms with Crippen LogP contribution in [-0.4, -0.2) is 22.4 Å². The van der Waals surface area contributed by atoms with Crippen LogP contribution in [0.1, 0.15) is 28.4 Å². The van der Waals surface area contributed by atoms with E-state index in [4.69, 9.17) is 9.72 Å². The number of ether oxygens (including phenoxy) is 1. The number of imidazole rings is 1. The summed E-state index contributed by atoms with van der Waals surface area (Å²) in [5.74, 6) is 1.53. The third kappa shape index (κ3) is 4.41. The molecule has 0 N–H and O–H groups in total. The molecule has 0 aliphatic heterocycles. The number of hydrogen-bond acceptors (Lipinski definition) is 4. The van der Waals surface area contributed by atoms with E-state index in [-0.39, 0.29) is 5.78 Å². The van der Waals surface area contributed by atoms with E-state index in [1.165, 1.54) is 5.56 Å². The van der Waals surface area contributed by atoms with Crippen LogP contribution in [0.3, 0.4) is 0 Å². The Morgan fingerprint density at radius 2 is 1.80 bits per heavy atom. The van der Waals surface area contributed by atoms with Gasteiger partial charge in [0, 0.05) is 23.4 Å². The predicted octanol–water partition coefficient (Wildman–Crippen LogP) is 5.78. The monoisotopic (exact) mass is 416 g/mol. The number of nitrogens with zero attached hydrogens (tertiary/aromatic N) is 2. The molecule has 0 saturated heterocycles. The Morgan fingerprint density at radius 3 is 2.57 bits per heavy atom. The van der Waals surface area contributed by atoms with E-state index in [0.29, 0.717) is 11.3 Å². The lowest BCUT2D eigenvalue weighted by atomic mass is 10.1. The van der Waals surface area contributed by atoms with E-state index in [1.54, 1.807) is 25.8 Å². The minimum absolute atomic E-state index is 0.0546. The molecule has 4 rings (SSSR count). The number of ketones is 1. The summed E-state index contributed by atoms with van der Waals surface area (Å²) in [6, 6.07) is 24.3. The molecule has 0 spiro atoms. The van der Waals surface area contributed by atoms with Crippen molar-refractivity contribution in [2.24, 2.45) is 0 Å². The minimum Gasteiger partial charge on any atom is -0.496 e. The lowest BCUT2D eigenvalue weighted by molar-refractivity contribution is 0.101. The van der Waals surface area contributed by atoms with Gasteiger partial charge in [-0.15, -0.1) is 0 Å². The molecular formula is C25H24N2O2S. The van der Waals surface area contributed by atoms with Crippen molar-refractivity contribution in [3.05, 3.63) is 89.5 Å². The first-order chi connectivity index (χ1) is 14.7. The Balaban J connectivity index is 1.61. The number of aryl methyl sites for hydroxylation is 2. The van der Waals surface area contributed by atoms with E-state index in [9.17, 15) is 4.79 Å². The third-order valence-corrected chi connectivity index (χ3v) is 6.16. The van der Waals surface area contributed by atoms with E-state index >= 15 is 0 Å². The van der Waals surface area contributed by atoms with Gasteiger partial charge in [0.15, 0.2) is 10.9 Å². The number of aromatic nitrogens is 2. The summed E-state index contributed by atoms with van der Waals surface area (Å²) in [5, 5.41) is 0.974. The van der Waals surface area contributed by atoms with Crippen molar-refractivity contribution >= 4 is 28.6 Å². The van der Waals surface area contributed by atoms with E-state index in [0.717, 1.165) is 40.5 Å². The fourth-order valence-electron chi connectivity index (χ4n) is 3.52. The molecule has 3 aromatic carbocycles. The van der Waals surface area contributed by atoms with Crippen LogP contribution in [0.25, 0.3) is 11.0 Å². The molecule has 0 saturated carbocycles. The lowest BCUT2D eigenvalue weighted by Crippen LogP contribution is -2.03. The molecule has 30 heavy (non-hydrogen) atoms. The first-order valence-corrected chi connectivity index (χ1v) is 10.9. The first-order valence-electron chi connectivity index (χ1n) is 9.95. The van der Waals surface area contributed by atoms with Gasteiger partial charge in [-0.05, 0) is 49.2 Å². The molecule has 0 radical (unpaired) electrons. The fraction of sp³-hybridized carbons (Fsp3) is 0.200. The number of methoxy groups -OCH3 is 1. The van der Waals surface area contributed by atoms with Crippen LogP contribution in [0, 0.1) is 0 Å². The number of carbonyl (C=O) groups is 1. The molecule has 0 atom stereocenters. The SMILES string of the molecule is COc1ccc(C(C)=O)cc1CSc1nc2ccccc2n1CCc1ccccc1. The molecule has 0 fully saturated rings. The molecule has 0 amide bonds. The molecule has 4 nitrogen and oxygen atoms in total. The second-order valence-electron chi connectivity index (χ2n) is 7.14. The van der Waals surface area contributed by atoms with E-state index in [1.807, 2.05) is 30.3 Å². The van der Waals surface area contributed by atoms with Crippen LogP contribution in [0.2, 0.25) is 0 Å². The quantitative estimate of drug-likeness (QED) is 0.270. The van der Waals surface area contributed by atoms with Gasteiger partial charge in [0.25, 0.3) is 0 Å². The molecule has 4 aromatic rings. The van der Waals surface area contributed by atoms with Gasteiger partial charge in [0.2, 0.25) is 0 Å². The number of para-hydroxylation sites is 2. The van der Waals surface area contributed by atoms with Crippen LogP contribution in [0.5, 0.6) is 5.75 Å². The normalized spacial score (nSPS) is 11.0. The Morgan fingerprint density at radius 1 is 1.03 bits per heavy atom. The van der Waals surface area contributed by atoms with Gasteiger partial charge in [0.05, 0.1) is 18.1 Å². The summed E-state index contributed by atoms with van der Waals surface area (Å²) in [5.41, 5.74) is 5.14. The van der Waals surface area contributed by atoms with Crippen LogP contribution >= 0.6 is 11.8 Å². The van der Waals surface area contributed by atoms with Crippen LogP contribution in [-0.2, 0) is 18.7 Å². The molecule has 0 bridgehead atoms. The predicted molar refractivity (Wildman–Crippen MR) is 122 cm³/mol. The van der Waals surface area contributed by atoms with Gasteiger partial charge < -0.3 is 9.30 Å². The third-order valence-electron chi connectivity index (χ3n) is 5.13. The van der Waals surface area contributed by atoms with Gasteiger partial charge in [-0.1, -0.05) is 54.2 Å². The minimum atomic E-state index is 0.0546. The van der Waals surface area contributed by atoms with Crippen molar-refractivity contribution in [2.45, 2.75) is 30.8 Å². The smallest absolute Gasteiger partial charge is 0.169 e. The first kappa shape index (κ1) is 20.2. The van der Waals surface area contributed by atoms with Crippen molar-refractivity contribution < 1.29 is 9.53 Å². The van der Waals surface area contributed by atoms with Gasteiger partial charge in [-0.3, -0.25) is 4.79 Å². The zero-order valence-corrected chi connectivity index (χ0v) is 18.0. The largest absolute Gasteiger partial charge is 0.496 e. The van der Waals surface area contributed by atoms with Gasteiger partial charge in [0.1, 0.15) is 5.75 Å². The number of benzene rings is 3. The summed E-state index contributed by atoms with van der Waals surface area (Å²) in [6.07, 6.45) is 0.942. The molecule has 0 aliphatic rings. The Kier molecular flexibility index (Phi) is 6.19. The van der Waals surface area contributed by atoms with Crippen LogP contribution in [0.15, 0.2) is 78.0 Å². The average Bonchev–Trinajstić information content (AvgIpc) is 3.14. The number of carbonyl (C=O) groups excluding carboxylic acids is 1. The molecular weight excluding hydrogens is 392 g/mol. The molecule has 152 valence electrons. The summed E-state index contributed by atoms with van der Waals surface area (Å²) < 4.78 is 7.80. The maximum Gasteiger partial charge on any atom is 0.169 e. The number of fused-ring (bicyclic) bond motifs is 1. The lowest BCUT2D eigenvalue weighted by Gasteiger charge is -2.12. The van der Waals surface area contributed by atoms with Crippen molar-refractivity contribution in [1.29, 1.82) is 0 Å². The average molecular weight is 417 g/mol. The molecule has 5 heteroatoms. The summed E-state index contributed by atoms with van der Waals surface area (Å²) in [6.45, 7) is 2.44. The number of rotatable bonds is 8. The second-order valence-corrected chi connectivity index (χ2v) is 8.08. The van der Waals surface area contributed by atoms with Crippen molar-refractivity contribution in [3.63, 3.8) is 0 Å². The van der Waals surface area contributed by atoms with E-state index < -0.39 is 0 Å². The Bertz CT molecular complexity index is 1170. The van der Waals surface area contributed by atoms with E-state index in [2.05, 4.69) is 47.0 Å².